The zero-order valence-corrected chi connectivity index (χ0v) is 27.6. The molecule has 6 atom stereocenters. The topological polar surface area (TPSA) is 104 Å². The average molecular weight is 627 g/mol. The van der Waals surface area contributed by atoms with E-state index in [1.54, 1.807) is 4.90 Å². The summed E-state index contributed by atoms with van der Waals surface area (Å²) in [5.41, 5.74) is 1.85. The number of amides is 2. The van der Waals surface area contributed by atoms with Crippen LogP contribution in [0, 0.1) is 34.5 Å². The second-order valence-corrected chi connectivity index (χ2v) is 14.5. The van der Waals surface area contributed by atoms with Gasteiger partial charge in [-0.1, -0.05) is 56.3 Å². The standard InChI is InChI=1S/C36H47BN4O5/c1-35(2)28-22-30(35)36(3)31(23-28)45-37(46-36)32(21-25-9-6-5-7-10-25)39-33(42)13-18-44-29-12-8-11-26(20-29)19-27(24-38)34(43)41-16-14-40(4)15-17-41/h5-12,20,27-28,30-32H,13-19,21-23H2,1-4H3,(H,39,42)/t27?,28-,30-,31+,32-,36-/m0/s1. The molecule has 2 bridgehead atoms. The number of hydrogen-bond donors (Lipinski definition) is 1. The van der Waals surface area contributed by atoms with Gasteiger partial charge in [-0.05, 0) is 80.2 Å². The van der Waals surface area contributed by atoms with Crippen molar-refractivity contribution in [3.63, 3.8) is 0 Å². The molecule has 0 aromatic heterocycles. The molecule has 9 nitrogen and oxygen atoms in total. The minimum atomic E-state index is -0.742. The van der Waals surface area contributed by atoms with Crippen LogP contribution in [0.15, 0.2) is 54.6 Å². The normalized spacial score (nSPS) is 27.9. The lowest BCUT2D eigenvalue weighted by Crippen LogP contribution is -2.65. The largest absolute Gasteiger partial charge is 0.493 e. The monoisotopic (exact) mass is 626 g/mol. The van der Waals surface area contributed by atoms with Gasteiger partial charge in [0.1, 0.15) is 11.7 Å². The number of piperazine rings is 1. The van der Waals surface area contributed by atoms with Gasteiger partial charge in [-0.2, -0.15) is 5.26 Å². The van der Waals surface area contributed by atoms with Crippen molar-refractivity contribution in [3.05, 3.63) is 65.7 Å². The second-order valence-electron chi connectivity index (χ2n) is 14.5. The maximum absolute atomic E-state index is 13.3. The highest BCUT2D eigenvalue weighted by Gasteiger charge is 2.68. The van der Waals surface area contributed by atoms with E-state index < -0.39 is 13.0 Å². The van der Waals surface area contributed by atoms with E-state index in [0.717, 1.165) is 30.6 Å². The summed E-state index contributed by atoms with van der Waals surface area (Å²) in [7, 11) is 1.52. The summed E-state index contributed by atoms with van der Waals surface area (Å²) in [6.07, 6.45) is 3.30. The van der Waals surface area contributed by atoms with E-state index in [2.05, 4.69) is 49.2 Å². The number of rotatable bonds is 11. The summed E-state index contributed by atoms with van der Waals surface area (Å²) in [4.78, 5) is 30.2. The molecule has 1 N–H and O–H groups in total. The number of carbonyl (C=O) groups is 2. The molecule has 5 fully saturated rings. The molecule has 5 aliphatic rings. The van der Waals surface area contributed by atoms with Crippen molar-refractivity contribution >= 4 is 18.9 Å². The summed E-state index contributed by atoms with van der Waals surface area (Å²) in [6.45, 7) is 9.99. The Kier molecular flexibility index (Phi) is 9.47. The van der Waals surface area contributed by atoms with E-state index in [4.69, 9.17) is 14.0 Å². The van der Waals surface area contributed by atoms with Crippen LogP contribution >= 0.6 is 0 Å². The fourth-order valence-corrected chi connectivity index (χ4v) is 8.13. The molecule has 7 rings (SSSR count). The van der Waals surface area contributed by atoms with Crippen LogP contribution in [0.3, 0.4) is 0 Å². The highest BCUT2D eigenvalue weighted by atomic mass is 16.7. The minimum absolute atomic E-state index is 0.0394. The number of likely N-dealkylation sites (N-methyl/N-ethyl adjacent to an activating group) is 1. The van der Waals surface area contributed by atoms with Crippen molar-refractivity contribution in [3.8, 4) is 11.8 Å². The van der Waals surface area contributed by atoms with Crippen LogP contribution in [-0.2, 0) is 31.7 Å². The SMILES string of the molecule is CN1CCN(C(=O)C(C#N)Cc2cccc(OCCC(=O)N[C@@H](Cc3ccccc3)B3O[C@@H]4C[C@@H]5C[C@@H](C5(C)C)[C@]4(C)O3)c2)CC1. The Hall–Kier alpha value is -3.39. The maximum atomic E-state index is 13.3. The van der Waals surface area contributed by atoms with Crippen molar-refractivity contribution in [2.24, 2.45) is 23.2 Å². The van der Waals surface area contributed by atoms with Crippen LogP contribution in [0.1, 0.15) is 51.2 Å². The van der Waals surface area contributed by atoms with Crippen LogP contribution < -0.4 is 10.1 Å². The van der Waals surface area contributed by atoms with Crippen LogP contribution in [-0.4, -0.2) is 86.2 Å². The van der Waals surface area contributed by atoms with Gasteiger partial charge in [-0.25, -0.2) is 0 Å². The Morgan fingerprint density at radius 1 is 1.04 bits per heavy atom. The molecule has 2 heterocycles. The number of nitriles is 1. The third kappa shape index (κ3) is 6.69. The number of benzene rings is 2. The molecule has 2 aromatic carbocycles. The smallest absolute Gasteiger partial charge is 0.482 e. The van der Waals surface area contributed by atoms with Gasteiger partial charge in [-0.15, -0.1) is 0 Å². The van der Waals surface area contributed by atoms with Gasteiger partial charge in [0.2, 0.25) is 11.8 Å². The van der Waals surface area contributed by atoms with Crippen molar-refractivity contribution in [1.29, 1.82) is 5.26 Å². The zero-order valence-electron chi connectivity index (χ0n) is 27.6. The second kappa shape index (κ2) is 13.4. The van der Waals surface area contributed by atoms with Gasteiger partial charge < -0.3 is 29.2 Å². The molecule has 3 saturated carbocycles. The summed E-state index contributed by atoms with van der Waals surface area (Å²) < 4.78 is 19.3. The molecule has 2 amide bonds. The fourth-order valence-electron chi connectivity index (χ4n) is 8.13. The first-order valence-corrected chi connectivity index (χ1v) is 16.8. The van der Waals surface area contributed by atoms with Crippen LogP contribution in [0.2, 0.25) is 0 Å². The van der Waals surface area contributed by atoms with E-state index in [9.17, 15) is 14.9 Å². The van der Waals surface area contributed by atoms with Gasteiger partial charge in [0.05, 0.1) is 36.7 Å². The van der Waals surface area contributed by atoms with Gasteiger partial charge in [-0.3, -0.25) is 9.59 Å². The average Bonchev–Trinajstić information content (AvgIpc) is 3.41. The minimum Gasteiger partial charge on any atom is -0.493 e. The first kappa shape index (κ1) is 32.6. The molecule has 3 aliphatic carbocycles. The quantitative estimate of drug-likeness (QED) is 0.378. The van der Waals surface area contributed by atoms with E-state index in [1.165, 1.54) is 6.42 Å². The molecular formula is C36H47BN4O5. The zero-order chi connectivity index (χ0) is 32.5. The lowest BCUT2D eigenvalue weighted by atomic mass is 9.43. The molecule has 244 valence electrons. The third-order valence-electron chi connectivity index (χ3n) is 11.1. The van der Waals surface area contributed by atoms with Crippen molar-refractivity contribution in [1.82, 2.24) is 15.1 Å². The number of hydrogen-bond acceptors (Lipinski definition) is 7. The van der Waals surface area contributed by atoms with E-state index in [0.29, 0.717) is 43.5 Å². The molecule has 0 radical (unpaired) electrons. The van der Waals surface area contributed by atoms with Gasteiger partial charge in [0.15, 0.2) is 0 Å². The molecule has 46 heavy (non-hydrogen) atoms. The van der Waals surface area contributed by atoms with E-state index in [-0.39, 0.29) is 47.9 Å². The first-order chi connectivity index (χ1) is 22.1. The van der Waals surface area contributed by atoms with Crippen LogP contribution in [0.4, 0.5) is 0 Å². The third-order valence-corrected chi connectivity index (χ3v) is 11.1. The number of nitrogens with one attached hydrogen (secondary N) is 1. The van der Waals surface area contributed by atoms with Crippen molar-refractivity contribution < 1.29 is 23.6 Å². The van der Waals surface area contributed by atoms with Gasteiger partial charge in [0, 0.05) is 26.2 Å². The Morgan fingerprint density at radius 3 is 2.50 bits per heavy atom. The highest BCUT2D eigenvalue weighted by molar-refractivity contribution is 6.48. The van der Waals surface area contributed by atoms with E-state index in [1.807, 2.05) is 49.5 Å². The van der Waals surface area contributed by atoms with E-state index >= 15 is 0 Å². The number of nitrogens with zero attached hydrogens (tertiary/aromatic N) is 3. The lowest BCUT2D eigenvalue weighted by molar-refractivity contribution is -0.199. The molecule has 1 unspecified atom stereocenters. The van der Waals surface area contributed by atoms with Crippen molar-refractivity contribution in [2.45, 2.75) is 70.5 Å². The summed E-state index contributed by atoms with van der Waals surface area (Å²) in [5, 5.41) is 13.0. The molecule has 2 aliphatic heterocycles. The first-order valence-electron chi connectivity index (χ1n) is 16.8. The van der Waals surface area contributed by atoms with Crippen LogP contribution in [0.5, 0.6) is 5.75 Å². The van der Waals surface area contributed by atoms with Crippen molar-refractivity contribution in [2.75, 3.05) is 39.8 Å². The Morgan fingerprint density at radius 2 is 1.78 bits per heavy atom. The molecule has 2 saturated heterocycles. The van der Waals surface area contributed by atoms with Gasteiger partial charge >= 0.3 is 7.12 Å². The lowest BCUT2D eigenvalue weighted by Gasteiger charge is -2.64. The fraction of sp³-hybridized carbons (Fsp3) is 0.583. The summed E-state index contributed by atoms with van der Waals surface area (Å²) >= 11 is 0. The molecule has 0 spiro atoms. The molecule has 10 heteroatoms. The van der Waals surface area contributed by atoms with Crippen LogP contribution in [0.25, 0.3) is 0 Å². The predicted molar refractivity (Wildman–Crippen MR) is 176 cm³/mol. The molecule has 2 aromatic rings. The highest BCUT2D eigenvalue weighted by Crippen LogP contribution is 2.65. The number of carbonyl (C=O) groups excluding carboxylic acids is 2. The summed E-state index contributed by atoms with van der Waals surface area (Å²) in [5.74, 6) is 0.383. The Labute approximate surface area is 273 Å². The molecular weight excluding hydrogens is 579 g/mol. The Balaban J connectivity index is 1.04. The Bertz CT molecular complexity index is 1440. The maximum Gasteiger partial charge on any atom is 0.482 e. The predicted octanol–water partition coefficient (Wildman–Crippen LogP) is 3.91. The number of ether oxygens (including phenoxy) is 1. The van der Waals surface area contributed by atoms with Gasteiger partial charge in [0.25, 0.3) is 0 Å². The summed E-state index contributed by atoms with van der Waals surface area (Å²) in [6, 6.07) is 19.8.